The molecule has 1 N–H and O–H groups in total. The molecule has 158 valence electrons. The number of hydrogen-bond acceptors (Lipinski definition) is 4. The maximum absolute atomic E-state index is 12.5. The van der Waals surface area contributed by atoms with Crippen LogP contribution in [0.25, 0.3) is 33.9 Å². The molecule has 0 spiro atoms. The minimum atomic E-state index is -0.258. The molecule has 0 saturated heterocycles. The second-order valence-electron chi connectivity index (χ2n) is 7.54. The van der Waals surface area contributed by atoms with Crippen LogP contribution in [0.3, 0.4) is 0 Å². The minimum absolute atomic E-state index is 0.258. The SMILES string of the molecule is Cc1ccc2nc(-c3ccc(CNC(=O)c4ccc(-c5ccc(Br)cc5)o4)cc3)oc2c1. The van der Waals surface area contributed by atoms with Crippen molar-refractivity contribution in [2.24, 2.45) is 0 Å². The molecule has 3 aromatic carbocycles. The predicted octanol–water partition coefficient (Wildman–Crippen LogP) is 6.76. The van der Waals surface area contributed by atoms with Crippen LogP contribution in [-0.4, -0.2) is 10.9 Å². The average Bonchev–Trinajstić information content (AvgIpc) is 3.46. The van der Waals surface area contributed by atoms with Crippen molar-refractivity contribution in [1.82, 2.24) is 10.3 Å². The van der Waals surface area contributed by atoms with Crippen LogP contribution in [-0.2, 0) is 6.54 Å². The normalized spacial score (nSPS) is 11.1. The van der Waals surface area contributed by atoms with Crippen LogP contribution in [0.15, 0.2) is 92.2 Å². The van der Waals surface area contributed by atoms with Crippen LogP contribution in [0.4, 0.5) is 0 Å². The van der Waals surface area contributed by atoms with Gasteiger partial charge in [0, 0.05) is 22.1 Å². The molecule has 5 aromatic rings. The number of benzene rings is 3. The molecule has 0 aliphatic carbocycles. The molecule has 0 aliphatic rings. The Morgan fingerprint density at radius 2 is 1.66 bits per heavy atom. The van der Waals surface area contributed by atoms with Gasteiger partial charge in [-0.2, -0.15) is 0 Å². The highest BCUT2D eigenvalue weighted by molar-refractivity contribution is 9.10. The van der Waals surface area contributed by atoms with E-state index in [4.69, 9.17) is 8.83 Å². The Hall–Kier alpha value is -3.64. The van der Waals surface area contributed by atoms with Gasteiger partial charge >= 0.3 is 0 Å². The van der Waals surface area contributed by atoms with E-state index < -0.39 is 0 Å². The molecule has 0 saturated carbocycles. The zero-order valence-electron chi connectivity index (χ0n) is 17.3. The number of amides is 1. The molecular formula is C26H19BrN2O3. The third-order valence-electron chi connectivity index (χ3n) is 5.16. The van der Waals surface area contributed by atoms with Gasteiger partial charge in [-0.3, -0.25) is 4.79 Å². The van der Waals surface area contributed by atoms with Gasteiger partial charge in [-0.25, -0.2) is 4.98 Å². The van der Waals surface area contributed by atoms with E-state index in [1.807, 2.05) is 73.7 Å². The van der Waals surface area contributed by atoms with E-state index in [9.17, 15) is 4.79 Å². The lowest BCUT2D eigenvalue weighted by Crippen LogP contribution is -2.22. The Kier molecular flexibility index (Phi) is 5.37. The van der Waals surface area contributed by atoms with Crippen molar-refractivity contribution in [1.29, 1.82) is 0 Å². The highest BCUT2D eigenvalue weighted by atomic mass is 79.9. The lowest BCUT2D eigenvalue weighted by Gasteiger charge is -2.04. The van der Waals surface area contributed by atoms with Crippen LogP contribution in [0.1, 0.15) is 21.7 Å². The van der Waals surface area contributed by atoms with E-state index in [-0.39, 0.29) is 11.7 Å². The highest BCUT2D eigenvalue weighted by Crippen LogP contribution is 2.26. The summed E-state index contributed by atoms with van der Waals surface area (Å²) >= 11 is 3.41. The summed E-state index contributed by atoms with van der Waals surface area (Å²) in [6.45, 7) is 2.41. The Balaban J connectivity index is 1.24. The van der Waals surface area contributed by atoms with E-state index in [2.05, 4.69) is 26.2 Å². The molecular weight excluding hydrogens is 468 g/mol. The molecule has 32 heavy (non-hydrogen) atoms. The van der Waals surface area contributed by atoms with Gasteiger partial charge in [0.25, 0.3) is 5.91 Å². The number of nitrogens with zero attached hydrogens (tertiary/aromatic N) is 1. The second kappa shape index (κ2) is 8.48. The summed E-state index contributed by atoms with van der Waals surface area (Å²) in [7, 11) is 0. The first-order chi connectivity index (χ1) is 15.5. The molecule has 2 aromatic heterocycles. The van der Waals surface area contributed by atoms with E-state index in [0.29, 0.717) is 18.2 Å². The van der Waals surface area contributed by atoms with Gasteiger partial charge < -0.3 is 14.2 Å². The van der Waals surface area contributed by atoms with Crippen LogP contribution in [0, 0.1) is 6.92 Å². The largest absolute Gasteiger partial charge is 0.451 e. The molecule has 0 radical (unpaired) electrons. The van der Waals surface area contributed by atoms with Crippen molar-refractivity contribution in [3.05, 3.63) is 100 Å². The molecule has 0 unspecified atom stereocenters. The van der Waals surface area contributed by atoms with Crippen LogP contribution >= 0.6 is 15.9 Å². The number of halogens is 1. The Morgan fingerprint density at radius 1 is 0.906 bits per heavy atom. The molecule has 1 amide bonds. The van der Waals surface area contributed by atoms with Gasteiger partial charge in [-0.05, 0) is 66.6 Å². The molecule has 0 bridgehead atoms. The van der Waals surface area contributed by atoms with Crippen molar-refractivity contribution in [3.63, 3.8) is 0 Å². The standard InChI is InChI=1S/C26H19BrN2O3/c1-16-2-11-21-24(14-16)32-26(29-21)19-5-3-17(4-6-19)15-28-25(30)23-13-12-22(31-23)18-7-9-20(27)10-8-18/h2-14H,15H2,1H3,(H,28,30). The van der Waals surface area contributed by atoms with Crippen molar-refractivity contribution in [2.45, 2.75) is 13.5 Å². The molecule has 0 atom stereocenters. The smallest absolute Gasteiger partial charge is 0.287 e. The highest BCUT2D eigenvalue weighted by Gasteiger charge is 2.13. The second-order valence-corrected chi connectivity index (χ2v) is 8.46. The Morgan fingerprint density at radius 3 is 2.44 bits per heavy atom. The minimum Gasteiger partial charge on any atom is -0.451 e. The number of nitrogens with one attached hydrogen (secondary N) is 1. The molecule has 0 fully saturated rings. The lowest BCUT2D eigenvalue weighted by atomic mass is 10.1. The number of aromatic nitrogens is 1. The number of fused-ring (bicyclic) bond motifs is 1. The van der Waals surface area contributed by atoms with Gasteiger partial charge in [0.05, 0.1) is 0 Å². The fraction of sp³-hybridized carbons (Fsp3) is 0.0769. The van der Waals surface area contributed by atoms with E-state index in [0.717, 1.165) is 37.8 Å². The molecule has 5 nitrogen and oxygen atoms in total. The first kappa shape index (κ1) is 20.3. The quantitative estimate of drug-likeness (QED) is 0.298. The number of carbonyl (C=O) groups excluding carboxylic acids is 1. The first-order valence-corrected chi connectivity index (χ1v) is 10.9. The fourth-order valence-corrected chi connectivity index (χ4v) is 3.68. The summed E-state index contributed by atoms with van der Waals surface area (Å²) in [5.41, 5.74) is 5.51. The van der Waals surface area contributed by atoms with Crippen molar-refractivity contribution < 1.29 is 13.6 Å². The number of aryl methyl sites for hydroxylation is 1. The van der Waals surface area contributed by atoms with Gasteiger partial charge in [0.15, 0.2) is 11.3 Å². The van der Waals surface area contributed by atoms with E-state index in [1.54, 1.807) is 12.1 Å². The van der Waals surface area contributed by atoms with Gasteiger partial charge in [-0.15, -0.1) is 0 Å². The maximum Gasteiger partial charge on any atom is 0.287 e. The number of carbonyl (C=O) groups is 1. The summed E-state index contributed by atoms with van der Waals surface area (Å²) in [6, 6.07) is 25.0. The summed E-state index contributed by atoms with van der Waals surface area (Å²) in [5, 5.41) is 2.90. The molecule has 2 heterocycles. The van der Waals surface area contributed by atoms with Gasteiger partial charge in [0.2, 0.25) is 5.89 Å². The third kappa shape index (κ3) is 4.22. The number of furan rings is 1. The zero-order chi connectivity index (χ0) is 22.1. The fourth-order valence-electron chi connectivity index (χ4n) is 3.42. The van der Waals surface area contributed by atoms with Crippen molar-refractivity contribution in [3.8, 4) is 22.8 Å². The molecule has 0 aliphatic heterocycles. The van der Waals surface area contributed by atoms with Crippen LogP contribution < -0.4 is 5.32 Å². The van der Waals surface area contributed by atoms with Crippen LogP contribution in [0.2, 0.25) is 0 Å². The zero-order valence-corrected chi connectivity index (χ0v) is 18.8. The molecule has 6 heteroatoms. The van der Waals surface area contributed by atoms with Crippen LogP contribution in [0.5, 0.6) is 0 Å². The average molecular weight is 487 g/mol. The van der Waals surface area contributed by atoms with Crippen molar-refractivity contribution >= 4 is 32.9 Å². The Bertz CT molecular complexity index is 1400. The number of oxazole rings is 1. The van der Waals surface area contributed by atoms with Gasteiger partial charge in [0.1, 0.15) is 11.3 Å². The van der Waals surface area contributed by atoms with Crippen molar-refractivity contribution in [2.75, 3.05) is 0 Å². The molecule has 5 rings (SSSR count). The summed E-state index contributed by atoms with van der Waals surface area (Å²) < 4.78 is 12.6. The topological polar surface area (TPSA) is 68.3 Å². The summed E-state index contributed by atoms with van der Waals surface area (Å²) in [4.78, 5) is 17.0. The van der Waals surface area contributed by atoms with Gasteiger partial charge in [-0.1, -0.05) is 46.3 Å². The monoisotopic (exact) mass is 486 g/mol. The first-order valence-electron chi connectivity index (χ1n) is 10.2. The van der Waals surface area contributed by atoms with E-state index >= 15 is 0 Å². The summed E-state index contributed by atoms with van der Waals surface area (Å²) in [5.74, 6) is 1.26. The van der Waals surface area contributed by atoms with E-state index in [1.165, 1.54) is 0 Å². The Labute approximate surface area is 193 Å². The third-order valence-corrected chi connectivity index (χ3v) is 5.69. The maximum atomic E-state index is 12.5. The number of rotatable bonds is 5. The lowest BCUT2D eigenvalue weighted by molar-refractivity contribution is 0.0924. The summed E-state index contributed by atoms with van der Waals surface area (Å²) in [6.07, 6.45) is 0. The predicted molar refractivity (Wildman–Crippen MR) is 127 cm³/mol. The number of hydrogen-bond donors (Lipinski definition) is 1.